The second kappa shape index (κ2) is 10.1. The molecular formula is C28H28ClFN4O2. The summed E-state index contributed by atoms with van der Waals surface area (Å²) in [5.74, 6) is -0.749. The number of nitrogens with one attached hydrogen (secondary N) is 2. The molecule has 0 saturated carbocycles. The summed E-state index contributed by atoms with van der Waals surface area (Å²) in [6.07, 6.45) is 1.60. The fraction of sp³-hybridized carbons (Fsp3) is 0.250. The molecule has 186 valence electrons. The van der Waals surface area contributed by atoms with E-state index in [1.54, 1.807) is 36.5 Å². The zero-order valence-corrected chi connectivity index (χ0v) is 21.4. The van der Waals surface area contributed by atoms with Gasteiger partial charge in [0.05, 0.1) is 28.2 Å². The molecule has 0 unspecified atom stereocenters. The SMILES string of the molecule is CCn1c(-c2ccc(F)cc2)cc2cc(NC(=O)c3cc(CNC(=O)C(C)(C)C)ccc3Cl)cnc21. The average molecular weight is 507 g/mol. The Morgan fingerprint density at radius 1 is 1.06 bits per heavy atom. The summed E-state index contributed by atoms with van der Waals surface area (Å²) in [5, 5.41) is 6.90. The number of nitrogens with zero attached hydrogens (tertiary/aromatic N) is 2. The fourth-order valence-electron chi connectivity index (χ4n) is 3.90. The van der Waals surface area contributed by atoms with Crippen LogP contribution in [0.3, 0.4) is 0 Å². The highest BCUT2D eigenvalue weighted by Crippen LogP contribution is 2.29. The second-order valence-corrected chi connectivity index (χ2v) is 10.0. The van der Waals surface area contributed by atoms with Crippen molar-refractivity contribution in [2.45, 2.75) is 40.8 Å². The number of amides is 2. The van der Waals surface area contributed by atoms with Gasteiger partial charge in [0.1, 0.15) is 11.5 Å². The first kappa shape index (κ1) is 25.4. The summed E-state index contributed by atoms with van der Waals surface area (Å²) in [4.78, 5) is 29.8. The van der Waals surface area contributed by atoms with Crippen molar-refractivity contribution in [3.63, 3.8) is 0 Å². The van der Waals surface area contributed by atoms with Crippen LogP contribution in [-0.4, -0.2) is 21.4 Å². The minimum atomic E-state index is -0.508. The minimum Gasteiger partial charge on any atom is -0.352 e. The van der Waals surface area contributed by atoms with Gasteiger partial charge in [0.25, 0.3) is 5.91 Å². The van der Waals surface area contributed by atoms with Gasteiger partial charge in [-0.25, -0.2) is 9.37 Å². The first-order chi connectivity index (χ1) is 17.1. The van der Waals surface area contributed by atoms with Gasteiger partial charge in [0.15, 0.2) is 0 Å². The largest absolute Gasteiger partial charge is 0.352 e. The third-order valence-electron chi connectivity index (χ3n) is 5.86. The lowest BCUT2D eigenvalue weighted by Gasteiger charge is -2.18. The zero-order chi connectivity index (χ0) is 26.0. The first-order valence-corrected chi connectivity index (χ1v) is 12.1. The molecule has 2 N–H and O–H groups in total. The highest BCUT2D eigenvalue weighted by atomic mass is 35.5. The molecule has 0 aliphatic rings. The Morgan fingerprint density at radius 3 is 2.44 bits per heavy atom. The number of carbonyl (C=O) groups excluding carboxylic acids is 2. The van der Waals surface area contributed by atoms with Gasteiger partial charge in [-0.2, -0.15) is 0 Å². The van der Waals surface area contributed by atoms with Crippen LogP contribution >= 0.6 is 11.6 Å². The number of rotatable bonds is 6. The number of pyridine rings is 1. The molecule has 6 nitrogen and oxygen atoms in total. The quantitative estimate of drug-likeness (QED) is 0.316. The summed E-state index contributed by atoms with van der Waals surface area (Å²) >= 11 is 6.32. The van der Waals surface area contributed by atoms with E-state index < -0.39 is 5.41 Å². The molecule has 0 bridgehead atoms. The van der Waals surface area contributed by atoms with Gasteiger partial charge < -0.3 is 15.2 Å². The third-order valence-corrected chi connectivity index (χ3v) is 6.19. The zero-order valence-electron chi connectivity index (χ0n) is 20.7. The van der Waals surface area contributed by atoms with Crippen LogP contribution in [0.4, 0.5) is 10.1 Å². The second-order valence-electron chi connectivity index (χ2n) is 9.62. The smallest absolute Gasteiger partial charge is 0.257 e. The lowest BCUT2D eigenvalue weighted by Crippen LogP contribution is -2.34. The van der Waals surface area contributed by atoms with Gasteiger partial charge in [-0.05, 0) is 66.6 Å². The van der Waals surface area contributed by atoms with E-state index in [1.165, 1.54) is 12.1 Å². The Labute approximate surface area is 214 Å². The molecule has 2 heterocycles. The number of aryl methyl sites for hydroxylation is 1. The van der Waals surface area contributed by atoms with E-state index in [4.69, 9.17) is 11.6 Å². The first-order valence-electron chi connectivity index (χ1n) is 11.7. The number of anilines is 1. The monoisotopic (exact) mass is 506 g/mol. The Bertz CT molecular complexity index is 1440. The Kier molecular flexibility index (Phi) is 7.13. The van der Waals surface area contributed by atoms with Crippen LogP contribution in [0.5, 0.6) is 0 Å². The molecule has 0 saturated heterocycles. The molecule has 8 heteroatoms. The van der Waals surface area contributed by atoms with Crippen molar-refractivity contribution < 1.29 is 14.0 Å². The van der Waals surface area contributed by atoms with Crippen LogP contribution in [0.25, 0.3) is 22.3 Å². The highest BCUT2D eigenvalue weighted by molar-refractivity contribution is 6.34. The Hall–Kier alpha value is -3.71. The van der Waals surface area contributed by atoms with Crippen LogP contribution in [-0.2, 0) is 17.9 Å². The molecule has 2 aromatic carbocycles. The van der Waals surface area contributed by atoms with Crippen LogP contribution < -0.4 is 10.6 Å². The molecule has 0 aliphatic carbocycles. The van der Waals surface area contributed by atoms with Gasteiger partial charge in [-0.15, -0.1) is 0 Å². The number of benzene rings is 2. The van der Waals surface area contributed by atoms with E-state index in [0.29, 0.717) is 22.8 Å². The summed E-state index contributed by atoms with van der Waals surface area (Å²) in [7, 11) is 0. The summed E-state index contributed by atoms with van der Waals surface area (Å²) in [6.45, 7) is 8.51. The predicted molar refractivity (Wildman–Crippen MR) is 142 cm³/mol. The predicted octanol–water partition coefficient (Wildman–Crippen LogP) is 6.43. The minimum absolute atomic E-state index is 0.0816. The maximum absolute atomic E-state index is 13.4. The molecule has 0 aliphatic heterocycles. The van der Waals surface area contributed by atoms with Crippen molar-refractivity contribution in [1.82, 2.24) is 14.9 Å². The van der Waals surface area contributed by atoms with E-state index in [-0.39, 0.29) is 24.2 Å². The standard InChI is InChI=1S/C28H28ClFN4O2/c1-5-34-24(18-7-9-20(30)10-8-18)14-19-13-21(16-31-25(19)34)33-26(35)22-12-17(6-11-23(22)29)15-32-27(36)28(2,3)4/h6-14,16H,5,15H2,1-4H3,(H,32,36)(H,33,35). The Morgan fingerprint density at radius 2 is 1.78 bits per heavy atom. The molecule has 0 spiro atoms. The maximum atomic E-state index is 13.4. The lowest BCUT2D eigenvalue weighted by atomic mass is 9.95. The van der Waals surface area contributed by atoms with Gasteiger partial charge in [0.2, 0.25) is 5.91 Å². The third kappa shape index (κ3) is 5.41. The molecule has 36 heavy (non-hydrogen) atoms. The summed E-state index contributed by atoms with van der Waals surface area (Å²) < 4.78 is 15.4. The molecule has 4 aromatic rings. The highest BCUT2D eigenvalue weighted by Gasteiger charge is 2.21. The molecule has 0 atom stereocenters. The summed E-state index contributed by atoms with van der Waals surface area (Å²) in [6, 6.07) is 15.2. The van der Waals surface area contributed by atoms with E-state index in [9.17, 15) is 14.0 Å². The Balaban J connectivity index is 1.57. The van der Waals surface area contributed by atoms with Crippen LogP contribution in [0.15, 0.2) is 60.8 Å². The van der Waals surface area contributed by atoms with E-state index in [1.807, 2.05) is 44.4 Å². The fourth-order valence-corrected chi connectivity index (χ4v) is 4.10. The normalized spacial score (nSPS) is 11.5. The molecule has 2 aromatic heterocycles. The lowest BCUT2D eigenvalue weighted by molar-refractivity contribution is -0.128. The van der Waals surface area contributed by atoms with Crippen molar-refractivity contribution in [3.05, 3.63) is 82.8 Å². The van der Waals surface area contributed by atoms with E-state index >= 15 is 0 Å². The topological polar surface area (TPSA) is 76.0 Å². The number of halogens is 2. The molecular weight excluding hydrogens is 479 g/mol. The molecule has 4 rings (SSSR count). The number of carbonyl (C=O) groups is 2. The van der Waals surface area contributed by atoms with Gasteiger partial charge in [-0.3, -0.25) is 9.59 Å². The van der Waals surface area contributed by atoms with Crippen molar-refractivity contribution in [1.29, 1.82) is 0 Å². The van der Waals surface area contributed by atoms with Crippen molar-refractivity contribution in [3.8, 4) is 11.3 Å². The number of hydrogen-bond donors (Lipinski definition) is 2. The van der Waals surface area contributed by atoms with Crippen molar-refractivity contribution in [2.75, 3.05) is 5.32 Å². The van der Waals surface area contributed by atoms with Crippen LogP contribution in [0.2, 0.25) is 5.02 Å². The van der Waals surface area contributed by atoms with Crippen LogP contribution in [0.1, 0.15) is 43.6 Å². The average Bonchev–Trinajstić information content (AvgIpc) is 3.20. The molecule has 0 radical (unpaired) electrons. The van der Waals surface area contributed by atoms with Gasteiger partial charge in [0, 0.05) is 23.9 Å². The van der Waals surface area contributed by atoms with E-state index in [2.05, 4.69) is 15.6 Å². The maximum Gasteiger partial charge on any atom is 0.257 e. The van der Waals surface area contributed by atoms with Crippen molar-refractivity contribution in [2.24, 2.45) is 5.41 Å². The van der Waals surface area contributed by atoms with Crippen LogP contribution in [0, 0.1) is 11.2 Å². The summed E-state index contributed by atoms with van der Waals surface area (Å²) in [5.41, 5.74) is 3.64. The number of fused-ring (bicyclic) bond motifs is 1. The number of aromatic nitrogens is 2. The van der Waals surface area contributed by atoms with E-state index in [0.717, 1.165) is 27.9 Å². The molecule has 0 fully saturated rings. The van der Waals surface area contributed by atoms with Crippen molar-refractivity contribution >= 4 is 40.1 Å². The number of hydrogen-bond acceptors (Lipinski definition) is 3. The molecule has 2 amide bonds. The van der Waals surface area contributed by atoms with Gasteiger partial charge >= 0.3 is 0 Å². The van der Waals surface area contributed by atoms with Gasteiger partial charge in [-0.1, -0.05) is 38.4 Å².